The van der Waals surface area contributed by atoms with Gasteiger partial charge < -0.3 is 10.5 Å². The summed E-state index contributed by atoms with van der Waals surface area (Å²) >= 11 is 6.12. The first kappa shape index (κ1) is 22.7. The number of nitrogens with zero attached hydrogens (tertiary/aromatic N) is 4. The third-order valence-corrected chi connectivity index (χ3v) is 5.92. The summed E-state index contributed by atoms with van der Waals surface area (Å²) in [5.41, 5.74) is 6.75. The predicted molar refractivity (Wildman–Crippen MR) is 128 cm³/mol. The zero-order valence-electron chi connectivity index (χ0n) is 18.3. The second kappa shape index (κ2) is 9.27. The quantitative estimate of drug-likeness (QED) is 0.296. The van der Waals surface area contributed by atoms with Crippen LogP contribution in [0.25, 0.3) is 11.1 Å². The molecule has 0 saturated heterocycles. The van der Waals surface area contributed by atoms with E-state index in [1.54, 1.807) is 29.1 Å². The fourth-order valence-electron chi connectivity index (χ4n) is 3.51. The normalized spacial score (nSPS) is 13.0. The molecule has 2 aromatic carbocycles. The van der Waals surface area contributed by atoms with Crippen LogP contribution in [0.15, 0.2) is 65.8 Å². The number of hydrogen-bond acceptors (Lipinski definition) is 7. The van der Waals surface area contributed by atoms with Gasteiger partial charge in [0.1, 0.15) is 10.8 Å². The molecule has 2 N–H and O–H groups in total. The summed E-state index contributed by atoms with van der Waals surface area (Å²) in [7, 11) is 0. The van der Waals surface area contributed by atoms with Crippen LogP contribution in [0.2, 0.25) is 5.02 Å². The number of nitrogen functional groups attached to an aromatic ring is 1. The van der Waals surface area contributed by atoms with Gasteiger partial charge in [-0.1, -0.05) is 29.8 Å². The van der Waals surface area contributed by atoms with Crippen LogP contribution in [0.1, 0.15) is 34.9 Å². The lowest BCUT2D eigenvalue weighted by Gasteiger charge is -2.10. The molecular formula is C25H19ClFN5O3. The van der Waals surface area contributed by atoms with E-state index in [1.807, 2.05) is 0 Å². The largest absolute Gasteiger partial charge is 0.423 e. The number of rotatable bonds is 7. The molecule has 0 aliphatic heterocycles. The first-order valence-corrected chi connectivity index (χ1v) is 11.2. The summed E-state index contributed by atoms with van der Waals surface area (Å²) in [6.45, 7) is 0. The zero-order chi connectivity index (χ0) is 24.5. The molecule has 0 bridgehead atoms. The molecule has 0 spiro atoms. The maximum atomic E-state index is 13.4. The van der Waals surface area contributed by atoms with E-state index < -0.39 is 17.0 Å². The number of halogens is 2. The minimum absolute atomic E-state index is 0.0289. The molecule has 0 atom stereocenters. The second-order valence-electron chi connectivity index (χ2n) is 8.17. The van der Waals surface area contributed by atoms with Crippen LogP contribution in [0.4, 0.5) is 10.1 Å². The van der Waals surface area contributed by atoms with Gasteiger partial charge in [-0.05, 0) is 48.2 Å². The maximum Gasteiger partial charge on any atom is 0.321 e. The Morgan fingerprint density at radius 1 is 1.14 bits per heavy atom. The van der Waals surface area contributed by atoms with E-state index >= 15 is 0 Å². The second-order valence-corrected chi connectivity index (χ2v) is 8.55. The highest BCUT2D eigenvalue weighted by Gasteiger charge is 2.27. The number of ether oxygens (including phenoxy) is 1. The Morgan fingerprint density at radius 3 is 2.54 bits per heavy atom. The van der Waals surface area contributed by atoms with Crippen LogP contribution in [-0.4, -0.2) is 25.5 Å². The Bertz CT molecular complexity index is 1470. The van der Waals surface area contributed by atoms with Gasteiger partial charge in [0.05, 0.1) is 11.7 Å². The SMILES string of the molecule is Nc1cccc(Oc2ncc(CC(=O)c3nn(C4CC4)cc(-c4ccc(F)cc4)c3=O)cn2)c1Cl. The molecule has 1 saturated carbocycles. The van der Waals surface area contributed by atoms with Crippen molar-refractivity contribution in [3.63, 3.8) is 0 Å². The van der Waals surface area contributed by atoms with E-state index in [2.05, 4.69) is 15.1 Å². The van der Waals surface area contributed by atoms with E-state index in [0.29, 0.717) is 28.1 Å². The van der Waals surface area contributed by atoms with Crippen molar-refractivity contribution in [2.75, 3.05) is 5.73 Å². The highest BCUT2D eigenvalue weighted by Crippen LogP contribution is 2.34. The lowest BCUT2D eigenvalue weighted by Crippen LogP contribution is -2.24. The standard InChI is InChI=1S/C25H19ClFN5O3/c26-22-19(28)2-1-3-21(22)35-25-29-11-14(12-30-25)10-20(33)23-24(34)18(13-32(31-23)17-8-9-17)15-4-6-16(27)7-5-15/h1-7,11-13,17H,8-10,28H2. The van der Waals surface area contributed by atoms with E-state index in [4.69, 9.17) is 22.1 Å². The number of ketones is 1. The summed E-state index contributed by atoms with van der Waals surface area (Å²) in [5.74, 6) is -0.575. The lowest BCUT2D eigenvalue weighted by molar-refractivity contribution is 0.0984. The first-order chi connectivity index (χ1) is 16.9. The van der Waals surface area contributed by atoms with E-state index in [-0.39, 0.29) is 29.2 Å². The Hall–Kier alpha value is -4.11. The molecule has 2 heterocycles. The van der Waals surface area contributed by atoms with Crippen molar-refractivity contribution >= 4 is 23.1 Å². The smallest absolute Gasteiger partial charge is 0.321 e. The molecule has 1 aliphatic carbocycles. The number of nitrogens with two attached hydrogens (primary N) is 1. The first-order valence-electron chi connectivity index (χ1n) is 10.8. The number of carbonyl (C=O) groups excluding carboxylic acids is 1. The van der Waals surface area contributed by atoms with Crippen molar-refractivity contribution in [1.29, 1.82) is 0 Å². The van der Waals surface area contributed by atoms with Crippen molar-refractivity contribution in [3.8, 4) is 22.9 Å². The fraction of sp³-hybridized carbons (Fsp3) is 0.160. The maximum absolute atomic E-state index is 13.4. The average molecular weight is 492 g/mol. The highest BCUT2D eigenvalue weighted by molar-refractivity contribution is 6.34. The van der Waals surface area contributed by atoms with Gasteiger partial charge in [-0.25, -0.2) is 14.4 Å². The number of hydrogen-bond donors (Lipinski definition) is 1. The van der Waals surface area contributed by atoms with E-state index in [0.717, 1.165) is 12.8 Å². The molecule has 2 aromatic heterocycles. The summed E-state index contributed by atoms with van der Waals surface area (Å²) in [6, 6.07) is 10.7. The van der Waals surface area contributed by atoms with E-state index in [1.165, 1.54) is 36.7 Å². The number of carbonyl (C=O) groups is 1. The van der Waals surface area contributed by atoms with Crippen molar-refractivity contribution in [2.24, 2.45) is 0 Å². The molecule has 0 radical (unpaired) electrons. The monoisotopic (exact) mass is 491 g/mol. The van der Waals surface area contributed by atoms with Crippen LogP contribution in [0.3, 0.4) is 0 Å². The van der Waals surface area contributed by atoms with Gasteiger partial charge in [0.15, 0.2) is 17.2 Å². The molecule has 8 nitrogen and oxygen atoms in total. The summed E-state index contributed by atoms with van der Waals surface area (Å²) in [5, 5.41) is 4.56. The summed E-state index contributed by atoms with van der Waals surface area (Å²) < 4.78 is 20.6. The fourth-order valence-corrected chi connectivity index (χ4v) is 3.68. The van der Waals surface area contributed by atoms with Crippen molar-refractivity contribution in [1.82, 2.24) is 19.7 Å². The highest BCUT2D eigenvalue weighted by atomic mass is 35.5. The minimum atomic E-state index is -0.504. The summed E-state index contributed by atoms with van der Waals surface area (Å²) in [4.78, 5) is 34.4. The molecular weight excluding hydrogens is 473 g/mol. The number of aromatic nitrogens is 4. The predicted octanol–water partition coefficient (Wildman–Crippen LogP) is 4.63. The van der Waals surface area contributed by atoms with Crippen molar-refractivity contribution in [3.05, 3.63) is 93.4 Å². The number of anilines is 1. The molecule has 35 heavy (non-hydrogen) atoms. The Morgan fingerprint density at radius 2 is 1.86 bits per heavy atom. The van der Waals surface area contributed by atoms with Gasteiger partial charge in [0, 0.05) is 30.6 Å². The van der Waals surface area contributed by atoms with Gasteiger partial charge in [-0.2, -0.15) is 5.10 Å². The van der Waals surface area contributed by atoms with Crippen LogP contribution >= 0.6 is 11.6 Å². The van der Waals surface area contributed by atoms with Crippen LogP contribution in [0.5, 0.6) is 11.8 Å². The van der Waals surface area contributed by atoms with Gasteiger partial charge in [0.25, 0.3) is 0 Å². The Labute approximate surface area is 204 Å². The molecule has 5 rings (SSSR count). The molecule has 1 aliphatic rings. The van der Waals surface area contributed by atoms with Crippen LogP contribution < -0.4 is 15.9 Å². The lowest BCUT2D eigenvalue weighted by atomic mass is 10.0. The topological polar surface area (TPSA) is 113 Å². The van der Waals surface area contributed by atoms with Crippen LogP contribution in [0, 0.1) is 5.82 Å². The molecule has 1 fully saturated rings. The molecule has 0 amide bonds. The number of Topliss-reactive ketones (excluding diaryl/α,β-unsaturated/α-hetero) is 1. The number of benzene rings is 2. The molecule has 0 unspecified atom stereocenters. The molecule has 10 heteroatoms. The Balaban J connectivity index is 1.39. The van der Waals surface area contributed by atoms with E-state index in [9.17, 15) is 14.0 Å². The third kappa shape index (κ3) is 4.90. The van der Waals surface area contributed by atoms with Gasteiger partial charge >= 0.3 is 6.01 Å². The third-order valence-electron chi connectivity index (χ3n) is 5.52. The minimum Gasteiger partial charge on any atom is -0.423 e. The molecule has 176 valence electrons. The molecule has 4 aromatic rings. The van der Waals surface area contributed by atoms with Gasteiger partial charge in [-0.15, -0.1) is 0 Å². The Kier molecular flexibility index (Phi) is 6.00. The van der Waals surface area contributed by atoms with Gasteiger partial charge in [0.2, 0.25) is 5.43 Å². The van der Waals surface area contributed by atoms with Crippen LogP contribution in [-0.2, 0) is 6.42 Å². The van der Waals surface area contributed by atoms with Gasteiger partial charge in [-0.3, -0.25) is 14.3 Å². The zero-order valence-corrected chi connectivity index (χ0v) is 19.1. The summed E-state index contributed by atoms with van der Waals surface area (Å²) in [6.07, 6.45) is 6.20. The van der Waals surface area contributed by atoms with Crippen molar-refractivity contribution in [2.45, 2.75) is 25.3 Å². The van der Waals surface area contributed by atoms with Crippen molar-refractivity contribution < 1.29 is 13.9 Å². The average Bonchev–Trinajstić information content (AvgIpc) is 3.70.